The second kappa shape index (κ2) is 7.55. The topological polar surface area (TPSA) is 90.0 Å². The Morgan fingerprint density at radius 1 is 1.21 bits per heavy atom. The first-order valence-electron chi connectivity index (χ1n) is 8.00. The number of amides is 1. The predicted molar refractivity (Wildman–Crippen MR) is 94.1 cm³/mol. The van der Waals surface area contributed by atoms with Gasteiger partial charge in [-0.1, -0.05) is 12.1 Å². The minimum absolute atomic E-state index is 0.0365. The molecule has 148 valence electrons. The minimum atomic E-state index is -4.69. The highest BCUT2D eigenvalue weighted by Gasteiger charge is 2.28. The van der Waals surface area contributed by atoms with Gasteiger partial charge in [0.2, 0.25) is 9.84 Å². The van der Waals surface area contributed by atoms with Gasteiger partial charge in [-0.3, -0.25) is 4.79 Å². The van der Waals surface area contributed by atoms with Gasteiger partial charge in [0, 0.05) is 0 Å². The molecular formula is C18H15F2NO6S. The molecule has 1 heterocycles. The molecule has 0 fully saturated rings. The van der Waals surface area contributed by atoms with Crippen LogP contribution >= 0.6 is 0 Å². The third-order valence-electron chi connectivity index (χ3n) is 4.15. The normalized spacial score (nSPS) is 13.9. The Kier molecular flexibility index (Phi) is 5.32. The Hall–Kier alpha value is -3.01. The average Bonchev–Trinajstić information content (AvgIpc) is 2.69. The molecule has 0 aliphatic carbocycles. The van der Waals surface area contributed by atoms with Gasteiger partial charge >= 0.3 is 11.7 Å². The van der Waals surface area contributed by atoms with Crippen LogP contribution in [0.25, 0.3) is 0 Å². The van der Waals surface area contributed by atoms with E-state index in [0.717, 1.165) is 12.1 Å². The maximum atomic E-state index is 12.6. The monoisotopic (exact) mass is 411 g/mol. The van der Waals surface area contributed by atoms with E-state index >= 15 is 0 Å². The van der Waals surface area contributed by atoms with E-state index in [1.807, 2.05) is 0 Å². The highest BCUT2D eigenvalue weighted by Crippen LogP contribution is 2.34. The Morgan fingerprint density at radius 3 is 2.50 bits per heavy atom. The van der Waals surface area contributed by atoms with Crippen LogP contribution in [0.3, 0.4) is 0 Å². The standard InChI is InChI=1S/C18H15F2NO6S/c1-26-17(23)12-4-7-15-14(8-12)21(16(22)10-27-15)9-11-2-5-13(6-3-11)28(24,25)18(19)20/h2-8,18H,9-10H2,1H3. The Balaban J connectivity index is 1.91. The van der Waals surface area contributed by atoms with Gasteiger partial charge in [-0.05, 0) is 35.9 Å². The summed E-state index contributed by atoms with van der Waals surface area (Å²) in [6, 6.07) is 9.32. The molecular weight excluding hydrogens is 396 g/mol. The first kappa shape index (κ1) is 19.7. The molecule has 0 saturated heterocycles. The zero-order chi connectivity index (χ0) is 20.5. The molecule has 0 saturated carbocycles. The lowest BCUT2D eigenvalue weighted by Crippen LogP contribution is -2.38. The highest BCUT2D eigenvalue weighted by molar-refractivity contribution is 7.91. The molecule has 2 aromatic carbocycles. The van der Waals surface area contributed by atoms with Gasteiger partial charge in [0.05, 0.1) is 29.8 Å². The molecule has 0 bridgehead atoms. The first-order chi connectivity index (χ1) is 13.2. The van der Waals surface area contributed by atoms with E-state index in [4.69, 9.17) is 4.74 Å². The summed E-state index contributed by atoms with van der Waals surface area (Å²) < 4.78 is 58.3. The average molecular weight is 411 g/mol. The van der Waals surface area contributed by atoms with Gasteiger partial charge in [-0.25, -0.2) is 13.2 Å². The maximum Gasteiger partial charge on any atom is 0.341 e. The van der Waals surface area contributed by atoms with E-state index in [0.29, 0.717) is 17.0 Å². The molecule has 3 rings (SSSR count). The predicted octanol–water partition coefficient (Wildman–Crippen LogP) is 2.40. The van der Waals surface area contributed by atoms with Gasteiger partial charge in [0.1, 0.15) is 5.75 Å². The Morgan fingerprint density at radius 2 is 1.89 bits per heavy atom. The summed E-state index contributed by atoms with van der Waals surface area (Å²) in [5.41, 5.74) is 1.09. The number of halogens is 2. The van der Waals surface area contributed by atoms with Crippen LogP contribution in [0.1, 0.15) is 15.9 Å². The van der Waals surface area contributed by atoms with Gasteiger partial charge in [-0.15, -0.1) is 0 Å². The van der Waals surface area contributed by atoms with Crippen molar-refractivity contribution in [2.24, 2.45) is 0 Å². The molecule has 0 aromatic heterocycles. The van der Waals surface area contributed by atoms with E-state index in [-0.39, 0.29) is 24.6 Å². The lowest BCUT2D eigenvalue weighted by atomic mass is 10.1. The number of methoxy groups -OCH3 is 1. The third-order valence-corrected chi connectivity index (χ3v) is 5.55. The maximum absolute atomic E-state index is 12.6. The lowest BCUT2D eigenvalue weighted by molar-refractivity contribution is -0.121. The summed E-state index contributed by atoms with van der Waals surface area (Å²) in [7, 11) is -3.46. The smallest absolute Gasteiger partial charge is 0.341 e. The van der Waals surface area contributed by atoms with Crippen LogP contribution < -0.4 is 9.64 Å². The van der Waals surface area contributed by atoms with E-state index in [9.17, 15) is 26.8 Å². The molecule has 0 unspecified atom stereocenters. The number of sulfone groups is 1. The van der Waals surface area contributed by atoms with Crippen molar-refractivity contribution in [2.45, 2.75) is 17.2 Å². The lowest BCUT2D eigenvalue weighted by Gasteiger charge is -2.29. The van der Waals surface area contributed by atoms with Crippen molar-refractivity contribution in [1.29, 1.82) is 0 Å². The van der Waals surface area contributed by atoms with Crippen molar-refractivity contribution in [3.63, 3.8) is 0 Å². The number of fused-ring (bicyclic) bond motifs is 1. The number of nitrogens with zero attached hydrogens (tertiary/aromatic N) is 1. The molecule has 1 amide bonds. The summed E-state index contributed by atoms with van der Waals surface area (Å²) in [5, 5.41) is 0. The molecule has 28 heavy (non-hydrogen) atoms. The summed E-state index contributed by atoms with van der Waals surface area (Å²) >= 11 is 0. The zero-order valence-corrected chi connectivity index (χ0v) is 15.4. The summed E-state index contributed by atoms with van der Waals surface area (Å²) in [6.45, 7) is -0.169. The fourth-order valence-corrected chi connectivity index (χ4v) is 3.41. The van der Waals surface area contributed by atoms with Gasteiger partial charge in [0.15, 0.2) is 6.61 Å². The van der Waals surface area contributed by atoms with Gasteiger partial charge in [0.25, 0.3) is 5.91 Å². The molecule has 1 aliphatic rings. The Bertz CT molecular complexity index is 1020. The van der Waals surface area contributed by atoms with Crippen molar-refractivity contribution < 1.29 is 36.3 Å². The van der Waals surface area contributed by atoms with Crippen LogP contribution in [0.2, 0.25) is 0 Å². The molecule has 0 radical (unpaired) electrons. The van der Waals surface area contributed by atoms with Crippen molar-refractivity contribution in [3.05, 3.63) is 53.6 Å². The number of esters is 1. The Labute approximate surface area is 159 Å². The largest absolute Gasteiger partial charge is 0.482 e. The molecule has 7 nitrogen and oxygen atoms in total. The van der Waals surface area contributed by atoms with Crippen LogP contribution in [0, 0.1) is 0 Å². The van der Waals surface area contributed by atoms with E-state index < -0.39 is 26.5 Å². The van der Waals surface area contributed by atoms with Crippen molar-refractivity contribution in [1.82, 2.24) is 0 Å². The van der Waals surface area contributed by atoms with Crippen LogP contribution in [-0.4, -0.2) is 39.8 Å². The third kappa shape index (κ3) is 3.68. The number of benzene rings is 2. The summed E-state index contributed by atoms with van der Waals surface area (Å²) in [4.78, 5) is 24.9. The zero-order valence-electron chi connectivity index (χ0n) is 14.6. The molecule has 0 spiro atoms. The number of carbonyl (C=O) groups is 2. The van der Waals surface area contributed by atoms with E-state index in [1.54, 1.807) is 6.07 Å². The van der Waals surface area contributed by atoms with Crippen LogP contribution in [0.4, 0.5) is 14.5 Å². The highest BCUT2D eigenvalue weighted by atomic mass is 32.2. The number of ether oxygens (including phenoxy) is 2. The number of anilines is 1. The number of rotatable bonds is 5. The minimum Gasteiger partial charge on any atom is -0.482 e. The van der Waals surface area contributed by atoms with Crippen LogP contribution in [0.5, 0.6) is 5.75 Å². The summed E-state index contributed by atoms with van der Waals surface area (Å²) in [5.74, 6) is -4.08. The molecule has 10 heteroatoms. The van der Waals surface area contributed by atoms with Gasteiger partial charge in [-0.2, -0.15) is 8.78 Å². The number of alkyl halides is 2. The molecule has 1 aliphatic heterocycles. The summed E-state index contributed by atoms with van der Waals surface area (Å²) in [6.07, 6.45) is 0. The molecule has 0 N–H and O–H groups in total. The second-order valence-electron chi connectivity index (χ2n) is 5.89. The number of carbonyl (C=O) groups excluding carboxylic acids is 2. The number of hydrogen-bond acceptors (Lipinski definition) is 6. The molecule has 2 aromatic rings. The fraction of sp³-hybridized carbons (Fsp3) is 0.222. The van der Waals surface area contributed by atoms with E-state index in [2.05, 4.69) is 4.74 Å². The van der Waals surface area contributed by atoms with Crippen LogP contribution in [-0.2, 0) is 25.9 Å². The van der Waals surface area contributed by atoms with Gasteiger partial charge < -0.3 is 14.4 Å². The second-order valence-corrected chi connectivity index (χ2v) is 7.81. The van der Waals surface area contributed by atoms with Crippen molar-refractivity contribution >= 4 is 27.4 Å². The van der Waals surface area contributed by atoms with Crippen LogP contribution in [0.15, 0.2) is 47.4 Å². The van der Waals surface area contributed by atoms with Crippen molar-refractivity contribution in [2.75, 3.05) is 18.6 Å². The fourth-order valence-electron chi connectivity index (χ4n) is 2.69. The molecule has 0 atom stereocenters. The van der Waals surface area contributed by atoms with Crippen molar-refractivity contribution in [3.8, 4) is 5.75 Å². The SMILES string of the molecule is COC(=O)c1ccc2c(c1)N(Cc1ccc(S(=O)(=O)C(F)F)cc1)C(=O)CO2. The quantitative estimate of drug-likeness (QED) is 0.702. The first-order valence-corrected chi connectivity index (χ1v) is 9.55. The number of hydrogen-bond donors (Lipinski definition) is 0. The van der Waals surface area contributed by atoms with E-state index in [1.165, 1.54) is 36.3 Å².